The Morgan fingerprint density at radius 3 is 2.70 bits per heavy atom. The van der Waals surface area contributed by atoms with Crippen LogP contribution in [0.4, 0.5) is 10.5 Å². The van der Waals surface area contributed by atoms with E-state index in [1.54, 1.807) is 18.3 Å². The smallest absolute Gasteiger partial charge is 0.314 e. The average Bonchev–Trinajstić information content (AvgIpc) is 2.41. The first kappa shape index (κ1) is 14.2. The molecule has 3 nitrogen and oxygen atoms in total. The summed E-state index contributed by atoms with van der Waals surface area (Å²) in [5, 5.41) is 5.82. The normalized spacial score (nSPS) is 10.5. The predicted molar refractivity (Wildman–Crippen MR) is 83.8 cm³/mol. The van der Waals surface area contributed by atoms with Crippen LogP contribution in [0.15, 0.2) is 54.7 Å². The van der Waals surface area contributed by atoms with Crippen LogP contribution >= 0.6 is 11.6 Å². The van der Waals surface area contributed by atoms with E-state index in [1.165, 1.54) is 5.56 Å². The maximum absolute atomic E-state index is 11.7. The lowest BCUT2D eigenvalue weighted by molar-refractivity contribution is 0.255. The second-order valence-electron chi connectivity index (χ2n) is 4.33. The number of rotatable bonds is 3. The van der Waals surface area contributed by atoms with E-state index < -0.39 is 0 Å². The number of carbonyl (C=O) groups excluding carboxylic acids is 1. The van der Waals surface area contributed by atoms with Gasteiger partial charge in [-0.05, 0) is 30.7 Å². The summed E-state index contributed by atoms with van der Waals surface area (Å²) in [6.45, 7) is 2.02. The fraction of sp³-hybridized carbons (Fsp3) is 0.0625. The maximum Gasteiger partial charge on any atom is 0.323 e. The zero-order chi connectivity index (χ0) is 14.4. The van der Waals surface area contributed by atoms with Gasteiger partial charge in [0.25, 0.3) is 0 Å². The van der Waals surface area contributed by atoms with E-state index in [1.807, 2.05) is 49.4 Å². The van der Waals surface area contributed by atoms with E-state index in [0.717, 1.165) is 5.56 Å². The first-order valence-electron chi connectivity index (χ1n) is 6.20. The second-order valence-corrected chi connectivity index (χ2v) is 4.73. The molecule has 0 aliphatic carbocycles. The topological polar surface area (TPSA) is 41.1 Å². The molecular weight excluding hydrogens is 272 g/mol. The van der Waals surface area contributed by atoms with Crippen molar-refractivity contribution in [2.24, 2.45) is 0 Å². The Morgan fingerprint density at radius 1 is 1.15 bits per heavy atom. The number of halogens is 1. The minimum atomic E-state index is -0.331. The zero-order valence-corrected chi connectivity index (χ0v) is 11.8. The molecule has 0 atom stereocenters. The number of carbonyl (C=O) groups is 1. The number of para-hydroxylation sites is 1. The van der Waals surface area contributed by atoms with Crippen molar-refractivity contribution in [2.75, 3.05) is 5.32 Å². The van der Waals surface area contributed by atoms with E-state index >= 15 is 0 Å². The lowest BCUT2D eigenvalue weighted by atomic mass is 10.1. The van der Waals surface area contributed by atoms with Crippen molar-refractivity contribution < 1.29 is 4.79 Å². The molecule has 0 bridgehead atoms. The molecule has 2 rings (SSSR count). The SMILES string of the molecule is Cc1cccc(/C=C/NC(=O)Nc2ccccc2Cl)c1. The summed E-state index contributed by atoms with van der Waals surface area (Å²) in [5.41, 5.74) is 2.78. The minimum absolute atomic E-state index is 0.331. The van der Waals surface area contributed by atoms with Crippen molar-refractivity contribution >= 4 is 29.4 Å². The number of aryl methyl sites for hydroxylation is 1. The van der Waals surface area contributed by atoms with E-state index in [2.05, 4.69) is 10.6 Å². The molecule has 20 heavy (non-hydrogen) atoms. The van der Waals surface area contributed by atoms with Crippen molar-refractivity contribution in [1.29, 1.82) is 0 Å². The Labute approximate surface area is 123 Å². The predicted octanol–water partition coefficient (Wildman–Crippen LogP) is 4.44. The maximum atomic E-state index is 11.7. The first-order chi connectivity index (χ1) is 9.65. The number of benzene rings is 2. The highest BCUT2D eigenvalue weighted by molar-refractivity contribution is 6.33. The lowest BCUT2D eigenvalue weighted by Gasteiger charge is -2.06. The molecule has 4 heteroatoms. The molecule has 0 spiro atoms. The number of anilines is 1. The van der Waals surface area contributed by atoms with Gasteiger partial charge in [0.1, 0.15) is 0 Å². The van der Waals surface area contributed by atoms with Crippen molar-refractivity contribution in [3.63, 3.8) is 0 Å². The molecular formula is C16H15ClN2O. The van der Waals surface area contributed by atoms with Gasteiger partial charge in [-0.3, -0.25) is 0 Å². The molecule has 0 aliphatic rings. The van der Waals surface area contributed by atoms with Gasteiger partial charge in [-0.15, -0.1) is 0 Å². The number of nitrogens with one attached hydrogen (secondary N) is 2. The largest absolute Gasteiger partial charge is 0.323 e. The minimum Gasteiger partial charge on any atom is -0.314 e. The van der Waals surface area contributed by atoms with Gasteiger partial charge in [0, 0.05) is 6.20 Å². The van der Waals surface area contributed by atoms with Gasteiger partial charge >= 0.3 is 6.03 Å². The third-order valence-electron chi connectivity index (χ3n) is 2.65. The highest BCUT2D eigenvalue weighted by Crippen LogP contribution is 2.19. The summed E-state index contributed by atoms with van der Waals surface area (Å²) in [5.74, 6) is 0. The number of amides is 2. The van der Waals surface area contributed by atoms with E-state index in [-0.39, 0.29) is 6.03 Å². The van der Waals surface area contributed by atoms with E-state index in [4.69, 9.17) is 11.6 Å². The molecule has 2 aromatic rings. The van der Waals surface area contributed by atoms with Gasteiger partial charge < -0.3 is 10.6 Å². The highest BCUT2D eigenvalue weighted by Gasteiger charge is 2.02. The fourth-order valence-electron chi connectivity index (χ4n) is 1.71. The van der Waals surface area contributed by atoms with Crippen LogP contribution in [-0.4, -0.2) is 6.03 Å². The van der Waals surface area contributed by atoms with E-state index in [0.29, 0.717) is 10.7 Å². The van der Waals surface area contributed by atoms with Crippen molar-refractivity contribution in [3.8, 4) is 0 Å². The monoisotopic (exact) mass is 286 g/mol. The molecule has 0 saturated carbocycles. The van der Waals surface area contributed by atoms with Crippen molar-refractivity contribution in [2.45, 2.75) is 6.92 Å². The molecule has 0 radical (unpaired) electrons. The molecule has 2 N–H and O–H groups in total. The Morgan fingerprint density at radius 2 is 1.95 bits per heavy atom. The van der Waals surface area contributed by atoms with Gasteiger partial charge in [-0.2, -0.15) is 0 Å². The third-order valence-corrected chi connectivity index (χ3v) is 2.98. The van der Waals surface area contributed by atoms with Gasteiger partial charge in [-0.1, -0.05) is 53.6 Å². The number of urea groups is 1. The Kier molecular flexibility index (Phi) is 4.80. The number of hydrogen-bond acceptors (Lipinski definition) is 1. The summed E-state index contributed by atoms with van der Waals surface area (Å²) < 4.78 is 0. The summed E-state index contributed by atoms with van der Waals surface area (Å²) in [4.78, 5) is 11.7. The standard InChI is InChI=1S/C16H15ClN2O/c1-12-5-4-6-13(11-12)9-10-18-16(20)19-15-8-3-2-7-14(15)17/h2-11H,1H3,(H2,18,19,20)/b10-9+. The highest BCUT2D eigenvalue weighted by atomic mass is 35.5. The zero-order valence-electron chi connectivity index (χ0n) is 11.1. The van der Waals surface area contributed by atoms with Crippen molar-refractivity contribution in [1.82, 2.24) is 5.32 Å². The van der Waals surface area contributed by atoms with Crippen LogP contribution in [0.3, 0.4) is 0 Å². The first-order valence-corrected chi connectivity index (χ1v) is 6.58. The average molecular weight is 287 g/mol. The van der Waals surface area contributed by atoms with Crippen LogP contribution in [-0.2, 0) is 0 Å². The van der Waals surface area contributed by atoms with Gasteiger partial charge in [-0.25, -0.2) is 4.79 Å². The van der Waals surface area contributed by atoms with Crippen LogP contribution in [0.2, 0.25) is 5.02 Å². The Hall–Kier alpha value is -2.26. The van der Waals surface area contributed by atoms with Gasteiger partial charge in [0.2, 0.25) is 0 Å². The van der Waals surface area contributed by atoms with Crippen LogP contribution < -0.4 is 10.6 Å². The Bertz CT molecular complexity index is 638. The van der Waals surface area contributed by atoms with Crippen molar-refractivity contribution in [3.05, 3.63) is 70.9 Å². The van der Waals surface area contributed by atoms with Crippen LogP contribution in [0, 0.1) is 6.92 Å². The van der Waals surface area contributed by atoms with Gasteiger partial charge in [0.15, 0.2) is 0 Å². The molecule has 2 amide bonds. The molecule has 0 unspecified atom stereocenters. The summed E-state index contributed by atoms with van der Waals surface area (Å²) in [6, 6.07) is 14.7. The second kappa shape index (κ2) is 6.78. The van der Waals surface area contributed by atoms with Crippen LogP contribution in [0.25, 0.3) is 6.08 Å². The molecule has 2 aromatic carbocycles. The molecule has 0 aromatic heterocycles. The molecule has 0 saturated heterocycles. The lowest BCUT2D eigenvalue weighted by Crippen LogP contribution is -2.23. The van der Waals surface area contributed by atoms with Crippen LogP contribution in [0.5, 0.6) is 0 Å². The summed E-state index contributed by atoms with van der Waals surface area (Å²) in [6.07, 6.45) is 3.43. The van der Waals surface area contributed by atoms with Crippen LogP contribution in [0.1, 0.15) is 11.1 Å². The summed E-state index contributed by atoms with van der Waals surface area (Å²) >= 11 is 5.96. The molecule has 0 aliphatic heterocycles. The van der Waals surface area contributed by atoms with Gasteiger partial charge in [0.05, 0.1) is 10.7 Å². The fourth-order valence-corrected chi connectivity index (χ4v) is 1.89. The molecule has 0 fully saturated rings. The summed E-state index contributed by atoms with van der Waals surface area (Å²) in [7, 11) is 0. The third kappa shape index (κ3) is 4.14. The van der Waals surface area contributed by atoms with E-state index in [9.17, 15) is 4.79 Å². The Balaban J connectivity index is 1.91. The molecule has 102 valence electrons. The molecule has 0 heterocycles. The quantitative estimate of drug-likeness (QED) is 0.860. The number of hydrogen-bond donors (Lipinski definition) is 2.